The molecule has 0 atom stereocenters. The number of hydrogen-bond donors (Lipinski definition) is 0. The van der Waals surface area contributed by atoms with E-state index in [9.17, 15) is 0 Å². The molecule has 94 valence electrons. The fourth-order valence-corrected chi connectivity index (χ4v) is 2.83. The summed E-state index contributed by atoms with van der Waals surface area (Å²) in [6.07, 6.45) is 6.85. The molecule has 1 nitrogen and oxygen atoms in total. The first-order valence-corrected chi connectivity index (χ1v) is 7.03. The third-order valence-electron chi connectivity index (χ3n) is 3.93. The van der Waals surface area contributed by atoms with Gasteiger partial charge in [0, 0.05) is 0 Å². The SMILES string of the molecule is c1ccc2cc(OCC3CCCCC3)ccc2c1. The molecule has 0 heterocycles. The molecule has 1 aliphatic rings. The lowest BCUT2D eigenvalue weighted by Crippen LogP contribution is -2.15. The van der Waals surface area contributed by atoms with Gasteiger partial charge in [-0.2, -0.15) is 0 Å². The second kappa shape index (κ2) is 5.43. The molecule has 0 saturated heterocycles. The summed E-state index contributed by atoms with van der Waals surface area (Å²) in [7, 11) is 0. The van der Waals surface area contributed by atoms with E-state index in [2.05, 4.69) is 42.5 Å². The molecule has 0 aliphatic heterocycles. The summed E-state index contributed by atoms with van der Waals surface area (Å²) in [4.78, 5) is 0. The van der Waals surface area contributed by atoms with Crippen LogP contribution in [0.4, 0.5) is 0 Å². The van der Waals surface area contributed by atoms with Gasteiger partial charge in [0.2, 0.25) is 0 Å². The maximum atomic E-state index is 5.95. The van der Waals surface area contributed by atoms with Crippen molar-refractivity contribution in [1.82, 2.24) is 0 Å². The van der Waals surface area contributed by atoms with Gasteiger partial charge in [-0.25, -0.2) is 0 Å². The molecule has 1 aliphatic carbocycles. The van der Waals surface area contributed by atoms with E-state index >= 15 is 0 Å². The van der Waals surface area contributed by atoms with E-state index in [1.165, 1.54) is 42.9 Å². The summed E-state index contributed by atoms with van der Waals surface area (Å²) < 4.78 is 5.95. The average Bonchev–Trinajstić information content (AvgIpc) is 2.46. The highest BCUT2D eigenvalue weighted by molar-refractivity contribution is 5.83. The van der Waals surface area contributed by atoms with E-state index in [1.807, 2.05) is 0 Å². The summed E-state index contributed by atoms with van der Waals surface area (Å²) in [5.74, 6) is 1.78. The zero-order valence-corrected chi connectivity index (χ0v) is 10.8. The molecule has 2 aromatic rings. The molecular weight excluding hydrogens is 220 g/mol. The number of benzene rings is 2. The summed E-state index contributed by atoms with van der Waals surface area (Å²) in [6.45, 7) is 0.887. The van der Waals surface area contributed by atoms with Gasteiger partial charge in [0.25, 0.3) is 0 Å². The van der Waals surface area contributed by atoms with E-state index in [0.29, 0.717) is 0 Å². The minimum absolute atomic E-state index is 0.769. The first-order valence-electron chi connectivity index (χ1n) is 7.03. The fourth-order valence-electron chi connectivity index (χ4n) is 2.83. The molecular formula is C17H20O. The van der Waals surface area contributed by atoms with Crippen LogP contribution in [0.25, 0.3) is 10.8 Å². The van der Waals surface area contributed by atoms with Crippen molar-refractivity contribution < 1.29 is 4.74 Å². The second-order valence-corrected chi connectivity index (χ2v) is 5.32. The topological polar surface area (TPSA) is 9.23 Å². The third-order valence-corrected chi connectivity index (χ3v) is 3.93. The van der Waals surface area contributed by atoms with Gasteiger partial charge < -0.3 is 4.74 Å². The van der Waals surface area contributed by atoms with Gasteiger partial charge in [-0.3, -0.25) is 0 Å². The molecule has 1 saturated carbocycles. The molecule has 0 radical (unpaired) electrons. The molecule has 0 spiro atoms. The fraction of sp³-hybridized carbons (Fsp3) is 0.412. The molecule has 2 aromatic carbocycles. The standard InChI is InChI=1S/C17H20O/c1-2-6-14(7-3-1)13-18-17-11-10-15-8-4-5-9-16(15)12-17/h4-5,8-12,14H,1-3,6-7,13H2. The third kappa shape index (κ3) is 2.66. The van der Waals surface area contributed by atoms with Crippen LogP contribution >= 0.6 is 0 Å². The Morgan fingerprint density at radius 2 is 1.67 bits per heavy atom. The van der Waals surface area contributed by atoms with E-state index in [-0.39, 0.29) is 0 Å². The number of hydrogen-bond acceptors (Lipinski definition) is 1. The van der Waals surface area contributed by atoms with Crippen LogP contribution < -0.4 is 4.74 Å². The van der Waals surface area contributed by atoms with Crippen molar-refractivity contribution in [1.29, 1.82) is 0 Å². The molecule has 18 heavy (non-hydrogen) atoms. The zero-order chi connectivity index (χ0) is 12.2. The Morgan fingerprint density at radius 1 is 0.889 bits per heavy atom. The molecule has 0 N–H and O–H groups in total. The Hall–Kier alpha value is -1.50. The Balaban J connectivity index is 1.66. The monoisotopic (exact) mass is 240 g/mol. The van der Waals surface area contributed by atoms with Crippen molar-refractivity contribution in [2.75, 3.05) is 6.61 Å². The van der Waals surface area contributed by atoms with Crippen LogP contribution in [0.5, 0.6) is 5.75 Å². The van der Waals surface area contributed by atoms with Gasteiger partial charge in [0.15, 0.2) is 0 Å². The second-order valence-electron chi connectivity index (χ2n) is 5.32. The normalized spacial score (nSPS) is 16.9. The van der Waals surface area contributed by atoms with Crippen LogP contribution in [-0.4, -0.2) is 6.61 Å². The summed E-state index contributed by atoms with van der Waals surface area (Å²) in [5.41, 5.74) is 0. The van der Waals surface area contributed by atoms with Crippen LogP contribution in [0.15, 0.2) is 42.5 Å². The summed E-state index contributed by atoms with van der Waals surface area (Å²) in [5, 5.41) is 2.54. The van der Waals surface area contributed by atoms with Crippen LogP contribution in [0.2, 0.25) is 0 Å². The number of ether oxygens (including phenoxy) is 1. The summed E-state index contributed by atoms with van der Waals surface area (Å²) >= 11 is 0. The van der Waals surface area contributed by atoms with Gasteiger partial charge >= 0.3 is 0 Å². The van der Waals surface area contributed by atoms with Crippen molar-refractivity contribution in [3.8, 4) is 5.75 Å². The largest absolute Gasteiger partial charge is 0.493 e. The van der Waals surface area contributed by atoms with Gasteiger partial charge in [0.05, 0.1) is 6.61 Å². The first kappa shape index (κ1) is 11.6. The maximum Gasteiger partial charge on any atom is 0.119 e. The van der Waals surface area contributed by atoms with Crippen molar-refractivity contribution in [3.63, 3.8) is 0 Å². The van der Waals surface area contributed by atoms with Gasteiger partial charge in [-0.05, 0) is 41.7 Å². The maximum absolute atomic E-state index is 5.95. The number of rotatable bonds is 3. The predicted molar refractivity (Wildman–Crippen MR) is 76.0 cm³/mol. The lowest BCUT2D eigenvalue weighted by atomic mass is 9.90. The van der Waals surface area contributed by atoms with Crippen LogP contribution in [0.1, 0.15) is 32.1 Å². The molecule has 0 aromatic heterocycles. The highest BCUT2D eigenvalue weighted by Gasteiger charge is 2.13. The molecule has 0 unspecified atom stereocenters. The Labute approximate surface area is 109 Å². The predicted octanol–water partition coefficient (Wildman–Crippen LogP) is 4.80. The minimum Gasteiger partial charge on any atom is -0.493 e. The van der Waals surface area contributed by atoms with Gasteiger partial charge in [-0.1, -0.05) is 49.6 Å². The van der Waals surface area contributed by atoms with Crippen molar-refractivity contribution in [2.24, 2.45) is 5.92 Å². The lowest BCUT2D eigenvalue weighted by molar-refractivity contribution is 0.209. The van der Waals surface area contributed by atoms with Gasteiger partial charge in [-0.15, -0.1) is 0 Å². The average molecular weight is 240 g/mol. The van der Waals surface area contributed by atoms with Gasteiger partial charge in [0.1, 0.15) is 5.75 Å². The number of fused-ring (bicyclic) bond motifs is 1. The molecule has 1 heteroatoms. The highest BCUT2D eigenvalue weighted by atomic mass is 16.5. The molecule has 1 fully saturated rings. The van der Waals surface area contributed by atoms with E-state index in [1.54, 1.807) is 0 Å². The van der Waals surface area contributed by atoms with Crippen molar-refractivity contribution in [2.45, 2.75) is 32.1 Å². The van der Waals surface area contributed by atoms with Crippen molar-refractivity contribution >= 4 is 10.8 Å². The minimum atomic E-state index is 0.769. The molecule has 3 rings (SSSR count). The molecule has 0 amide bonds. The summed E-state index contributed by atoms with van der Waals surface area (Å²) in [6, 6.07) is 14.8. The Bertz CT molecular complexity index is 512. The molecule has 0 bridgehead atoms. The van der Waals surface area contributed by atoms with Crippen LogP contribution in [0, 0.1) is 5.92 Å². The van der Waals surface area contributed by atoms with E-state index in [0.717, 1.165) is 18.3 Å². The Morgan fingerprint density at radius 3 is 2.50 bits per heavy atom. The first-order chi connectivity index (χ1) is 8.92. The van der Waals surface area contributed by atoms with E-state index < -0.39 is 0 Å². The van der Waals surface area contributed by atoms with E-state index in [4.69, 9.17) is 4.74 Å². The quantitative estimate of drug-likeness (QED) is 0.749. The lowest BCUT2D eigenvalue weighted by Gasteiger charge is -2.21. The smallest absolute Gasteiger partial charge is 0.119 e. The van der Waals surface area contributed by atoms with Crippen molar-refractivity contribution in [3.05, 3.63) is 42.5 Å². The zero-order valence-electron chi connectivity index (χ0n) is 10.8. The van der Waals surface area contributed by atoms with Crippen LogP contribution in [-0.2, 0) is 0 Å². The van der Waals surface area contributed by atoms with Crippen LogP contribution in [0.3, 0.4) is 0 Å². The Kier molecular flexibility index (Phi) is 3.49. The highest BCUT2D eigenvalue weighted by Crippen LogP contribution is 2.26.